The van der Waals surface area contributed by atoms with Crippen LogP contribution in [0.5, 0.6) is 0 Å². The molecular formula is C12H24N2O. The van der Waals surface area contributed by atoms with Gasteiger partial charge in [-0.3, -0.25) is 4.79 Å². The molecule has 0 spiro atoms. The zero-order chi connectivity index (χ0) is 11.6. The van der Waals surface area contributed by atoms with Crippen molar-refractivity contribution in [3.63, 3.8) is 0 Å². The van der Waals surface area contributed by atoms with Gasteiger partial charge in [0.25, 0.3) is 0 Å². The molecule has 1 aliphatic rings. The highest BCUT2D eigenvalue weighted by molar-refractivity contribution is 5.79. The first-order chi connectivity index (χ1) is 6.93. The van der Waals surface area contributed by atoms with Crippen molar-refractivity contribution in [2.75, 3.05) is 7.05 Å². The van der Waals surface area contributed by atoms with Crippen LogP contribution in [0.15, 0.2) is 0 Å². The molecule has 3 unspecified atom stereocenters. The number of carbonyl (C=O) groups is 1. The van der Waals surface area contributed by atoms with Crippen molar-refractivity contribution in [1.29, 1.82) is 0 Å². The van der Waals surface area contributed by atoms with Gasteiger partial charge in [-0.1, -0.05) is 6.92 Å². The van der Waals surface area contributed by atoms with Gasteiger partial charge in [0.2, 0.25) is 5.91 Å². The van der Waals surface area contributed by atoms with Crippen molar-refractivity contribution in [3.8, 4) is 0 Å². The van der Waals surface area contributed by atoms with Crippen molar-refractivity contribution in [2.24, 2.45) is 17.6 Å². The fraction of sp³-hybridized carbons (Fsp3) is 0.917. The highest BCUT2D eigenvalue weighted by atomic mass is 16.2. The summed E-state index contributed by atoms with van der Waals surface area (Å²) in [5.41, 5.74) is 6.01. The van der Waals surface area contributed by atoms with Gasteiger partial charge in [-0.25, -0.2) is 0 Å². The lowest BCUT2D eigenvalue weighted by molar-refractivity contribution is -0.137. The van der Waals surface area contributed by atoms with Crippen LogP contribution in [0.25, 0.3) is 0 Å². The first kappa shape index (κ1) is 12.5. The van der Waals surface area contributed by atoms with Crippen LogP contribution in [0.4, 0.5) is 0 Å². The van der Waals surface area contributed by atoms with E-state index < -0.39 is 0 Å². The second-order valence-corrected chi connectivity index (χ2v) is 5.19. The molecular weight excluding hydrogens is 188 g/mol. The molecule has 1 saturated carbocycles. The topological polar surface area (TPSA) is 46.3 Å². The van der Waals surface area contributed by atoms with Gasteiger partial charge < -0.3 is 10.6 Å². The Hall–Kier alpha value is -0.570. The van der Waals surface area contributed by atoms with E-state index in [1.165, 1.54) is 0 Å². The Morgan fingerprint density at radius 2 is 2.00 bits per heavy atom. The predicted molar refractivity (Wildman–Crippen MR) is 62.4 cm³/mol. The second-order valence-electron chi connectivity index (χ2n) is 5.19. The fourth-order valence-electron chi connectivity index (χ4n) is 2.12. The standard InChI is InChI=1S/C12H24N2O/c1-8(2)14(4)12(15)10-6-5-9(3)11(13)7-10/h8-11H,5-7,13H2,1-4H3. The summed E-state index contributed by atoms with van der Waals surface area (Å²) in [6, 6.07) is 0.487. The number of carbonyl (C=O) groups excluding carboxylic acids is 1. The quantitative estimate of drug-likeness (QED) is 0.756. The van der Waals surface area contributed by atoms with E-state index >= 15 is 0 Å². The van der Waals surface area contributed by atoms with Crippen LogP contribution in [0.3, 0.4) is 0 Å². The highest BCUT2D eigenvalue weighted by Gasteiger charge is 2.31. The molecule has 1 aliphatic carbocycles. The Kier molecular flexibility index (Phi) is 4.14. The summed E-state index contributed by atoms with van der Waals surface area (Å²) < 4.78 is 0. The smallest absolute Gasteiger partial charge is 0.225 e. The first-order valence-electron chi connectivity index (χ1n) is 5.95. The third kappa shape index (κ3) is 2.94. The molecule has 15 heavy (non-hydrogen) atoms. The zero-order valence-corrected chi connectivity index (χ0v) is 10.4. The number of nitrogens with zero attached hydrogens (tertiary/aromatic N) is 1. The Morgan fingerprint density at radius 1 is 1.40 bits per heavy atom. The van der Waals surface area contributed by atoms with E-state index in [4.69, 9.17) is 5.73 Å². The Balaban J connectivity index is 2.54. The molecule has 2 N–H and O–H groups in total. The van der Waals surface area contributed by atoms with Gasteiger partial charge >= 0.3 is 0 Å². The average molecular weight is 212 g/mol. The summed E-state index contributed by atoms with van der Waals surface area (Å²) in [6.45, 7) is 6.27. The second kappa shape index (κ2) is 4.97. The maximum absolute atomic E-state index is 12.1. The van der Waals surface area contributed by atoms with E-state index in [1.54, 1.807) is 0 Å². The van der Waals surface area contributed by atoms with E-state index in [2.05, 4.69) is 6.92 Å². The summed E-state index contributed by atoms with van der Waals surface area (Å²) in [4.78, 5) is 13.9. The predicted octanol–water partition coefficient (Wildman–Crippen LogP) is 1.62. The van der Waals surface area contributed by atoms with Crippen molar-refractivity contribution in [2.45, 2.75) is 52.1 Å². The van der Waals surface area contributed by atoms with Crippen molar-refractivity contribution in [1.82, 2.24) is 4.90 Å². The van der Waals surface area contributed by atoms with Crippen LogP contribution in [0, 0.1) is 11.8 Å². The number of nitrogens with two attached hydrogens (primary N) is 1. The van der Waals surface area contributed by atoms with Gasteiger partial charge in [-0.2, -0.15) is 0 Å². The van der Waals surface area contributed by atoms with E-state index in [0.717, 1.165) is 19.3 Å². The molecule has 3 nitrogen and oxygen atoms in total. The third-order valence-corrected chi connectivity index (χ3v) is 3.73. The molecule has 0 bridgehead atoms. The Bertz CT molecular complexity index is 228. The van der Waals surface area contributed by atoms with Gasteiger partial charge in [0.05, 0.1) is 0 Å². The van der Waals surface area contributed by atoms with Crippen molar-refractivity contribution >= 4 is 5.91 Å². The van der Waals surface area contributed by atoms with Crippen LogP contribution in [-0.2, 0) is 4.79 Å². The molecule has 0 aromatic rings. The van der Waals surface area contributed by atoms with Crippen LogP contribution >= 0.6 is 0 Å². The summed E-state index contributed by atoms with van der Waals surface area (Å²) in [7, 11) is 1.89. The lowest BCUT2D eigenvalue weighted by Gasteiger charge is -2.34. The normalized spacial score (nSPS) is 31.7. The SMILES string of the molecule is CC1CCC(C(=O)N(C)C(C)C)CC1N. The molecule has 1 amide bonds. The van der Waals surface area contributed by atoms with Crippen LogP contribution < -0.4 is 5.73 Å². The van der Waals surface area contributed by atoms with Gasteiger partial charge in [0.15, 0.2) is 0 Å². The summed E-state index contributed by atoms with van der Waals surface area (Å²) in [5, 5.41) is 0. The molecule has 1 fully saturated rings. The van der Waals surface area contributed by atoms with Crippen LogP contribution in [-0.4, -0.2) is 29.9 Å². The molecule has 0 aromatic carbocycles. The molecule has 3 atom stereocenters. The van der Waals surface area contributed by atoms with Crippen LogP contribution in [0.2, 0.25) is 0 Å². The molecule has 1 rings (SSSR count). The van der Waals surface area contributed by atoms with Crippen molar-refractivity contribution < 1.29 is 4.79 Å². The number of hydrogen-bond acceptors (Lipinski definition) is 2. The molecule has 3 heteroatoms. The minimum atomic E-state index is 0.156. The summed E-state index contributed by atoms with van der Waals surface area (Å²) in [5.74, 6) is 0.995. The molecule has 88 valence electrons. The lowest BCUT2D eigenvalue weighted by atomic mass is 9.79. The van der Waals surface area contributed by atoms with Gasteiger partial charge in [0, 0.05) is 25.0 Å². The monoisotopic (exact) mass is 212 g/mol. The van der Waals surface area contributed by atoms with Crippen molar-refractivity contribution in [3.05, 3.63) is 0 Å². The van der Waals surface area contributed by atoms with Crippen LogP contribution in [0.1, 0.15) is 40.0 Å². The molecule has 0 aliphatic heterocycles. The summed E-state index contributed by atoms with van der Waals surface area (Å²) in [6.07, 6.45) is 2.95. The number of rotatable bonds is 2. The average Bonchev–Trinajstić information content (AvgIpc) is 2.19. The number of hydrogen-bond donors (Lipinski definition) is 1. The third-order valence-electron chi connectivity index (χ3n) is 3.73. The van der Waals surface area contributed by atoms with Gasteiger partial charge in [-0.15, -0.1) is 0 Å². The van der Waals surface area contributed by atoms with E-state index in [1.807, 2.05) is 25.8 Å². The van der Waals surface area contributed by atoms with Gasteiger partial charge in [0.1, 0.15) is 0 Å². The molecule has 0 heterocycles. The van der Waals surface area contributed by atoms with E-state index in [9.17, 15) is 4.79 Å². The first-order valence-corrected chi connectivity index (χ1v) is 5.95. The zero-order valence-electron chi connectivity index (χ0n) is 10.4. The van der Waals surface area contributed by atoms with E-state index in [0.29, 0.717) is 5.92 Å². The van der Waals surface area contributed by atoms with E-state index in [-0.39, 0.29) is 23.9 Å². The lowest BCUT2D eigenvalue weighted by Crippen LogP contribution is -2.43. The Morgan fingerprint density at radius 3 is 2.47 bits per heavy atom. The minimum absolute atomic E-state index is 0.156. The maximum atomic E-state index is 12.1. The van der Waals surface area contributed by atoms with Gasteiger partial charge in [-0.05, 0) is 39.0 Å². The highest BCUT2D eigenvalue weighted by Crippen LogP contribution is 2.29. The maximum Gasteiger partial charge on any atom is 0.225 e. The fourth-order valence-corrected chi connectivity index (χ4v) is 2.12. The Labute approximate surface area is 93.0 Å². The minimum Gasteiger partial charge on any atom is -0.343 e. The number of amides is 1. The molecule has 0 saturated heterocycles. The molecule has 0 radical (unpaired) electrons. The summed E-state index contributed by atoms with van der Waals surface area (Å²) >= 11 is 0. The molecule has 0 aromatic heterocycles. The largest absolute Gasteiger partial charge is 0.343 e.